The van der Waals surface area contributed by atoms with Crippen molar-refractivity contribution in [3.8, 4) is 0 Å². The number of hydrogen-bond donors (Lipinski definition) is 2. The fourth-order valence-electron chi connectivity index (χ4n) is 2.34. The van der Waals surface area contributed by atoms with Crippen molar-refractivity contribution < 1.29 is 9.84 Å². The normalized spacial score (nSPS) is 21.6. The third-order valence-corrected chi connectivity index (χ3v) is 3.33. The fraction of sp³-hybridized carbons (Fsp3) is 0.500. The van der Waals surface area contributed by atoms with Crippen molar-refractivity contribution in [1.29, 1.82) is 0 Å². The SMILES string of the molecule is [N-]=[N+]=Nn1c(N)nc2c(ncn2[C@H]2CC[C@@H](CO)O2)c1=O. The van der Waals surface area contributed by atoms with Crippen LogP contribution in [-0.2, 0) is 4.74 Å². The molecule has 0 spiro atoms. The van der Waals surface area contributed by atoms with Gasteiger partial charge in [-0.05, 0) is 18.1 Å². The third-order valence-electron chi connectivity index (χ3n) is 3.33. The zero-order chi connectivity index (χ0) is 15.0. The highest BCUT2D eigenvalue weighted by Gasteiger charge is 2.28. The Morgan fingerprint density at radius 3 is 3.10 bits per heavy atom. The number of aliphatic hydroxyl groups excluding tert-OH is 1. The minimum absolute atomic E-state index is 0.0349. The largest absolute Gasteiger partial charge is 0.394 e. The monoisotopic (exact) mass is 292 g/mol. The van der Waals surface area contributed by atoms with Crippen LogP contribution in [0, 0.1) is 0 Å². The summed E-state index contributed by atoms with van der Waals surface area (Å²) in [5.74, 6) is -0.233. The molecule has 1 saturated heterocycles. The van der Waals surface area contributed by atoms with Crippen molar-refractivity contribution in [1.82, 2.24) is 19.2 Å². The first kappa shape index (κ1) is 13.4. The summed E-state index contributed by atoms with van der Waals surface area (Å²) in [5, 5.41) is 12.3. The number of anilines is 1. The van der Waals surface area contributed by atoms with E-state index in [4.69, 9.17) is 21.1 Å². The van der Waals surface area contributed by atoms with Crippen LogP contribution in [0.15, 0.2) is 16.3 Å². The molecule has 1 aliphatic heterocycles. The summed E-state index contributed by atoms with van der Waals surface area (Å²) in [5.41, 5.74) is 13.7. The van der Waals surface area contributed by atoms with Crippen LogP contribution in [0.2, 0.25) is 0 Å². The number of azide groups is 1. The van der Waals surface area contributed by atoms with E-state index in [1.807, 2.05) is 0 Å². The topological polar surface area (TPSA) is 157 Å². The van der Waals surface area contributed by atoms with Gasteiger partial charge in [0.2, 0.25) is 0 Å². The predicted octanol–water partition coefficient (Wildman–Crippen LogP) is -0.0815. The van der Waals surface area contributed by atoms with Crippen LogP contribution in [0.5, 0.6) is 0 Å². The molecular weight excluding hydrogens is 280 g/mol. The van der Waals surface area contributed by atoms with Crippen LogP contribution < -0.4 is 11.3 Å². The Bertz CT molecular complexity index is 789. The van der Waals surface area contributed by atoms with Crippen LogP contribution in [0.25, 0.3) is 21.6 Å². The molecule has 2 atom stereocenters. The van der Waals surface area contributed by atoms with E-state index in [1.165, 1.54) is 6.33 Å². The second kappa shape index (κ2) is 5.05. The van der Waals surface area contributed by atoms with E-state index < -0.39 is 5.56 Å². The highest BCUT2D eigenvalue weighted by molar-refractivity contribution is 5.70. The number of aromatic nitrogens is 4. The van der Waals surface area contributed by atoms with Crippen molar-refractivity contribution in [2.24, 2.45) is 5.22 Å². The van der Waals surface area contributed by atoms with Crippen LogP contribution in [-0.4, -0.2) is 37.0 Å². The van der Waals surface area contributed by atoms with Gasteiger partial charge in [0.1, 0.15) is 6.23 Å². The summed E-state index contributed by atoms with van der Waals surface area (Å²) >= 11 is 0. The predicted molar refractivity (Wildman–Crippen MR) is 71.0 cm³/mol. The summed E-state index contributed by atoms with van der Waals surface area (Å²) in [6.45, 7) is -0.0671. The van der Waals surface area contributed by atoms with Crippen molar-refractivity contribution in [2.45, 2.75) is 25.2 Å². The number of imidazole rings is 1. The molecule has 0 radical (unpaired) electrons. The Kier molecular flexibility index (Phi) is 3.22. The minimum Gasteiger partial charge on any atom is -0.394 e. The maximum absolute atomic E-state index is 12.1. The van der Waals surface area contributed by atoms with E-state index in [-0.39, 0.29) is 36.1 Å². The number of fused-ring (bicyclic) bond motifs is 1. The van der Waals surface area contributed by atoms with Gasteiger partial charge in [-0.25, -0.2) is 9.78 Å². The Hall–Kier alpha value is -2.62. The number of hydrogen-bond acceptors (Lipinski definition) is 7. The minimum atomic E-state index is -0.647. The number of nitrogen functional groups attached to an aromatic ring is 1. The van der Waals surface area contributed by atoms with Gasteiger partial charge in [0, 0.05) is 0 Å². The average molecular weight is 292 g/mol. The van der Waals surface area contributed by atoms with E-state index in [0.29, 0.717) is 17.5 Å². The molecule has 2 aromatic heterocycles. The molecule has 3 heterocycles. The average Bonchev–Trinajstić information content (AvgIpc) is 3.09. The van der Waals surface area contributed by atoms with Crippen LogP contribution in [0.3, 0.4) is 0 Å². The van der Waals surface area contributed by atoms with Gasteiger partial charge in [-0.1, -0.05) is 0 Å². The van der Waals surface area contributed by atoms with E-state index >= 15 is 0 Å². The number of rotatable bonds is 3. The highest BCUT2D eigenvalue weighted by atomic mass is 16.5. The third kappa shape index (κ3) is 2.09. The lowest BCUT2D eigenvalue weighted by molar-refractivity contribution is -0.0207. The van der Waals surface area contributed by atoms with Gasteiger partial charge < -0.3 is 15.6 Å². The lowest BCUT2D eigenvalue weighted by atomic mass is 10.2. The van der Waals surface area contributed by atoms with Crippen molar-refractivity contribution in [3.05, 3.63) is 27.1 Å². The molecule has 11 nitrogen and oxygen atoms in total. The van der Waals surface area contributed by atoms with Crippen molar-refractivity contribution in [2.75, 3.05) is 12.3 Å². The molecule has 0 saturated carbocycles. The van der Waals surface area contributed by atoms with Gasteiger partial charge in [0.25, 0.3) is 0 Å². The summed E-state index contributed by atoms with van der Waals surface area (Å²) in [7, 11) is 0. The van der Waals surface area contributed by atoms with Crippen LogP contribution in [0.1, 0.15) is 19.1 Å². The Morgan fingerprint density at radius 2 is 2.43 bits per heavy atom. The van der Waals surface area contributed by atoms with Crippen molar-refractivity contribution in [3.63, 3.8) is 0 Å². The Labute approximate surface area is 117 Å². The molecule has 3 N–H and O–H groups in total. The number of ether oxygens (including phenoxy) is 1. The van der Waals surface area contributed by atoms with Crippen molar-refractivity contribution >= 4 is 17.1 Å². The second-order valence-electron chi connectivity index (χ2n) is 4.56. The second-order valence-corrected chi connectivity index (χ2v) is 4.56. The number of aliphatic hydroxyl groups is 1. The summed E-state index contributed by atoms with van der Waals surface area (Å²) in [4.78, 5) is 22.7. The Balaban J connectivity index is 2.11. The zero-order valence-corrected chi connectivity index (χ0v) is 10.8. The molecular formula is C10H12N8O3. The first-order valence-electron chi connectivity index (χ1n) is 6.22. The molecule has 0 unspecified atom stereocenters. The smallest absolute Gasteiger partial charge is 0.374 e. The van der Waals surface area contributed by atoms with Gasteiger partial charge in [-0.3, -0.25) is 4.57 Å². The number of nitrogens with two attached hydrogens (primary N) is 1. The zero-order valence-electron chi connectivity index (χ0n) is 10.8. The molecule has 1 fully saturated rings. The molecule has 2 aromatic rings. The molecule has 0 bridgehead atoms. The maximum Gasteiger partial charge on any atom is 0.374 e. The van der Waals surface area contributed by atoms with Crippen LogP contribution in [0.4, 0.5) is 5.95 Å². The summed E-state index contributed by atoms with van der Waals surface area (Å²) in [6.07, 6.45) is 2.18. The lowest BCUT2D eigenvalue weighted by Crippen LogP contribution is -2.22. The molecule has 110 valence electrons. The summed E-state index contributed by atoms with van der Waals surface area (Å²) < 4.78 is 7.85. The molecule has 21 heavy (non-hydrogen) atoms. The standard InChI is InChI=1S/C10H12N8O3/c11-10-14-8-7(9(20)18(10)16-15-12)13-4-17(8)6-2-1-5(3-19)21-6/h4-6,19H,1-3H2,(H2,11,14)/t5-,6+/m0/s1. The molecule has 0 aromatic carbocycles. The molecule has 3 rings (SSSR count). The molecule has 0 amide bonds. The lowest BCUT2D eigenvalue weighted by Gasteiger charge is -2.13. The first-order chi connectivity index (χ1) is 10.2. The van der Waals surface area contributed by atoms with E-state index in [9.17, 15) is 4.79 Å². The molecule has 11 heteroatoms. The van der Waals surface area contributed by atoms with Gasteiger partial charge >= 0.3 is 11.5 Å². The first-order valence-corrected chi connectivity index (χ1v) is 6.22. The van der Waals surface area contributed by atoms with E-state index in [0.717, 1.165) is 0 Å². The van der Waals surface area contributed by atoms with Gasteiger partial charge in [0.05, 0.1) is 19.0 Å². The highest BCUT2D eigenvalue weighted by Crippen LogP contribution is 2.29. The molecule has 1 aliphatic rings. The summed E-state index contributed by atoms with van der Waals surface area (Å²) in [6, 6.07) is 0. The van der Waals surface area contributed by atoms with Crippen LogP contribution >= 0.6 is 0 Å². The van der Waals surface area contributed by atoms with Gasteiger partial charge in [-0.15, -0.1) is 10.2 Å². The Morgan fingerprint density at radius 1 is 1.62 bits per heavy atom. The maximum atomic E-state index is 12.1. The fourth-order valence-corrected chi connectivity index (χ4v) is 2.34. The van der Waals surface area contributed by atoms with E-state index in [1.54, 1.807) is 4.57 Å². The number of nitrogens with zero attached hydrogens (tertiary/aromatic N) is 7. The van der Waals surface area contributed by atoms with Gasteiger partial charge in [0.15, 0.2) is 11.2 Å². The van der Waals surface area contributed by atoms with E-state index in [2.05, 4.69) is 20.1 Å². The molecule has 0 aliphatic carbocycles. The quantitative estimate of drug-likeness (QED) is 0.457. The van der Waals surface area contributed by atoms with Gasteiger partial charge in [-0.2, -0.15) is 9.90 Å².